The van der Waals surface area contributed by atoms with Crippen LogP contribution in [0.3, 0.4) is 0 Å². The summed E-state index contributed by atoms with van der Waals surface area (Å²) in [5.41, 5.74) is 2.50. The predicted molar refractivity (Wildman–Crippen MR) is 87.6 cm³/mol. The van der Waals surface area contributed by atoms with E-state index in [2.05, 4.69) is 10.2 Å². The number of benzene rings is 2. The third-order valence-corrected chi connectivity index (χ3v) is 4.01. The molecule has 6 heteroatoms. The second-order valence-corrected chi connectivity index (χ2v) is 5.93. The second-order valence-electron chi connectivity index (χ2n) is 5.00. The van der Waals surface area contributed by atoms with Crippen molar-refractivity contribution in [2.45, 2.75) is 12.1 Å². The average Bonchev–Trinajstić information content (AvgIpc) is 3.02. The second kappa shape index (κ2) is 6.66. The van der Waals surface area contributed by atoms with Crippen LogP contribution in [0.2, 0.25) is 0 Å². The minimum absolute atomic E-state index is 0.0645. The zero-order chi connectivity index (χ0) is 16.2. The number of aromatic hydroxyl groups is 1. The van der Waals surface area contributed by atoms with Crippen molar-refractivity contribution in [3.63, 3.8) is 0 Å². The molecular formula is C17H14N2O3S. The maximum Gasteiger partial charge on any atom is 0.277 e. The predicted octanol–water partition coefficient (Wildman–Crippen LogP) is 3.73. The molecule has 1 aromatic heterocycles. The molecular weight excluding hydrogens is 312 g/mol. The van der Waals surface area contributed by atoms with E-state index in [4.69, 9.17) is 4.42 Å². The van der Waals surface area contributed by atoms with Crippen molar-refractivity contribution in [1.29, 1.82) is 0 Å². The Morgan fingerprint density at radius 2 is 1.96 bits per heavy atom. The summed E-state index contributed by atoms with van der Waals surface area (Å²) in [4.78, 5) is 12.1. The van der Waals surface area contributed by atoms with Crippen LogP contribution in [0.1, 0.15) is 15.9 Å². The molecule has 0 unspecified atom stereocenters. The van der Waals surface area contributed by atoms with Crippen LogP contribution in [-0.4, -0.2) is 26.8 Å². The van der Waals surface area contributed by atoms with Crippen LogP contribution in [0.4, 0.5) is 0 Å². The first-order chi connectivity index (χ1) is 11.1. The Morgan fingerprint density at radius 3 is 2.70 bits per heavy atom. The molecule has 2 aromatic carbocycles. The third-order valence-electron chi connectivity index (χ3n) is 3.19. The van der Waals surface area contributed by atoms with Crippen molar-refractivity contribution in [3.8, 4) is 17.2 Å². The molecule has 0 amide bonds. The van der Waals surface area contributed by atoms with Gasteiger partial charge in [0.15, 0.2) is 5.78 Å². The number of aromatic nitrogens is 2. The van der Waals surface area contributed by atoms with Gasteiger partial charge in [-0.3, -0.25) is 4.79 Å². The Balaban J connectivity index is 1.65. The number of Topliss-reactive ketones (excluding diaryl/α,β-unsaturated/α-hetero) is 1. The summed E-state index contributed by atoms with van der Waals surface area (Å²) in [7, 11) is 0. The van der Waals surface area contributed by atoms with Crippen LogP contribution in [0.15, 0.2) is 58.2 Å². The molecule has 3 aromatic rings. The van der Waals surface area contributed by atoms with Gasteiger partial charge >= 0.3 is 0 Å². The molecule has 0 fully saturated rings. The van der Waals surface area contributed by atoms with Crippen LogP contribution in [0.5, 0.6) is 5.75 Å². The van der Waals surface area contributed by atoms with Gasteiger partial charge in [-0.2, -0.15) is 0 Å². The lowest BCUT2D eigenvalue weighted by Gasteiger charge is -1.99. The van der Waals surface area contributed by atoms with E-state index >= 15 is 0 Å². The van der Waals surface area contributed by atoms with E-state index in [-0.39, 0.29) is 17.3 Å². The van der Waals surface area contributed by atoms with Gasteiger partial charge in [-0.15, -0.1) is 10.2 Å². The number of rotatable bonds is 5. The summed E-state index contributed by atoms with van der Waals surface area (Å²) in [6, 6.07) is 13.9. The Bertz CT molecular complexity index is 828. The molecule has 3 rings (SSSR count). The number of nitrogens with zero attached hydrogens (tertiary/aromatic N) is 2. The molecule has 0 aliphatic heterocycles. The topological polar surface area (TPSA) is 76.2 Å². The smallest absolute Gasteiger partial charge is 0.277 e. The Morgan fingerprint density at radius 1 is 1.17 bits per heavy atom. The Hall–Kier alpha value is -2.60. The highest BCUT2D eigenvalue weighted by Gasteiger charge is 2.12. The fourth-order valence-corrected chi connectivity index (χ4v) is 2.68. The van der Waals surface area contributed by atoms with Crippen LogP contribution in [0.25, 0.3) is 11.5 Å². The molecule has 116 valence electrons. The number of ketones is 1. The van der Waals surface area contributed by atoms with E-state index in [0.29, 0.717) is 16.7 Å². The summed E-state index contributed by atoms with van der Waals surface area (Å²) in [6.07, 6.45) is 0. The number of phenolic OH excluding ortho intramolecular Hbond substituents is 1. The maximum absolute atomic E-state index is 12.1. The third kappa shape index (κ3) is 3.78. The fraction of sp³-hybridized carbons (Fsp3) is 0.118. The SMILES string of the molecule is Cc1cccc(-c2nnc(SCC(=O)c3ccc(O)cc3)o2)c1. The van der Waals surface area contributed by atoms with Crippen LogP contribution < -0.4 is 0 Å². The lowest BCUT2D eigenvalue weighted by molar-refractivity contribution is 0.102. The summed E-state index contributed by atoms with van der Waals surface area (Å²) in [5, 5.41) is 17.5. The summed E-state index contributed by atoms with van der Waals surface area (Å²) < 4.78 is 5.58. The van der Waals surface area contributed by atoms with Gasteiger partial charge in [-0.25, -0.2) is 0 Å². The standard InChI is InChI=1S/C17H14N2O3S/c1-11-3-2-4-13(9-11)16-18-19-17(22-16)23-10-15(21)12-5-7-14(20)8-6-12/h2-9,20H,10H2,1H3. The van der Waals surface area contributed by atoms with Crippen molar-refractivity contribution < 1.29 is 14.3 Å². The largest absolute Gasteiger partial charge is 0.508 e. The van der Waals surface area contributed by atoms with E-state index in [1.54, 1.807) is 12.1 Å². The van der Waals surface area contributed by atoms with Crippen molar-refractivity contribution in [3.05, 3.63) is 59.7 Å². The quantitative estimate of drug-likeness (QED) is 0.569. The number of phenols is 1. The Labute approximate surface area is 137 Å². The van der Waals surface area contributed by atoms with Gasteiger partial charge in [0.25, 0.3) is 5.22 Å². The van der Waals surface area contributed by atoms with Crippen LogP contribution >= 0.6 is 11.8 Å². The van der Waals surface area contributed by atoms with Crippen molar-refractivity contribution >= 4 is 17.5 Å². The number of carbonyl (C=O) groups is 1. The van der Waals surface area contributed by atoms with E-state index in [1.165, 1.54) is 23.9 Å². The molecule has 1 heterocycles. The number of hydrogen-bond donors (Lipinski definition) is 1. The molecule has 0 bridgehead atoms. The first kappa shape index (κ1) is 15.3. The van der Waals surface area contributed by atoms with Gasteiger partial charge in [0.1, 0.15) is 5.75 Å². The highest BCUT2D eigenvalue weighted by atomic mass is 32.2. The first-order valence-corrected chi connectivity index (χ1v) is 7.96. The fourth-order valence-electron chi connectivity index (χ4n) is 2.02. The van der Waals surface area contributed by atoms with Gasteiger partial charge in [0, 0.05) is 11.1 Å². The lowest BCUT2D eigenvalue weighted by Crippen LogP contribution is -2.01. The number of hydrogen-bond acceptors (Lipinski definition) is 6. The maximum atomic E-state index is 12.1. The monoisotopic (exact) mass is 326 g/mol. The number of aryl methyl sites for hydroxylation is 1. The lowest BCUT2D eigenvalue weighted by atomic mass is 10.1. The zero-order valence-corrected chi connectivity index (χ0v) is 13.2. The number of thioether (sulfide) groups is 1. The number of carbonyl (C=O) groups excluding carboxylic acids is 1. The molecule has 0 radical (unpaired) electrons. The van der Waals surface area contributed by atoms with E-state index in [1.807, 2.05) is 31.2 Å². The van der Waals surface area contributed by atoms with Gasteiger partial charge < -0.3 is 9.52 Å². The summed E-state index contributed by atoms with van der Waals surface area (Å²) in [6.45, 7) is 1.99. The van der Waals surface area contributed by atoms with Gasteiger partial charge in [0.05, 0.1) is 5.75 Å². The molecule has 23 heavy (non-hydrogen) atoms. The highest BCUT2D eigenvalue weighted by Crippen LogP contribution is 2.24. The zero-order valence-electron chi connectivity index (χ0n) is 12.4. The summed E-state index contributed by atoms with van der Waals surface area (Å²) >= 11 is 1.19. The Kier molecular flexibility index (Phi) is 4.43. The van der Waals surface area contributed by atoms with Gasteiger partial charge in [-0.05, 0) is 43.3 Å². The molecule has 0 saturated carbocycles. The normalized spacial score (nSPS) is 10.7. The molecule has 0 spiro atoms. The van der Waals surface area contributed by atoms with E-state index < -0.39 is 0 Å². The molecule has 5 nitrogen and oxygen atoms in total. The molecule has 1 N–H and O–H groups in total. The van der Waals surface area contributed by atoms with Crippen molar-refractivity contribution in [2.75, 3.05) is 5.75 Å². The first-order valence-electron chi connectivity index (χ1n) is 6.97. The molecule has 0 saturated heterocycles. The molecule has 0 atom stereocenters. The summed E-state index contributed by atoms with van der Waals surface area (Å²) in [5.74, 6) is 0.702. The van der Waals surface area contributed by atoms with E-state index in [9.17, 15) is 9.90 Å². The van der Waals surface area contributed by atoms with Gasteiger partial charge in [0.2, 0.25) is 5.89 Å². The van der Waals surface area contributed by atoms with Crippen molar-refractivity contribution in [1.82, 2.24) is 10.2 Å². The van der Waals surface area contributed by atoms with Crippen LogP contribution in [0, 0.1) is 6.92 Å². The van der Waals surface area contributed by atoms with Crippen molar-refractivity contribution in [2.24, 2.45) is 0 Å². The highest BCUT2D eigenvalue weighted by molar-refractivity contribution is 7.99. The minimum atomic E-state index is -0.0645. The van der Waals surface area contributed by atoms with Gasteiger partial charge in [-0.1, -0.05) is 29.5 Å². The molecule has 0 aliphatic carbocycles. The minimum Gasteiger partial charge on any atom is -0.508 e. The molecule has 0 aliphatic rings. The van der Waals surface area contributed by atoms with Crippen LogP contribution in [-0.2, 0) is 0 Å². The average molecular weight is 326 g/mol. The van der Waals surface area contributed by atoms with E-state index in [0.717, 1.165) is 11.1 Å².